The van der Waals surface area contributed by atoms with E-state index in [0.29, 0.717) is 0 Å². The van der Waals surface area contributed by atoms with Crippen LogP contribution >= 0.6 is 0 Å². The number of carbonyl (C=O) groups excluding carboxylic acids is 1. The smallest absolute Gasteiger partial charge is 0.265 e. The van der Waals surface area contributed by atoms with Gasteiger partial charge in [-0.05, 0) is 23.3 Å². The van der Waals surface area contributed by atoms with Crippen LogP contribution in [0.1, 0.15) is 11.1 Å². The molecule has 3 aromatic carbocycles. The third-order valence-electron chi connectivity index (χ3n) is 3.91. The minimum Gasteiger partial charge on any atom is -0.372 e. The van der Waals surface area contributed by atoms with E-state index in [9.17, 15) is 18.7 Å². The Balaban J connectivity index is 2.08. The fraction of sp³-hybridized carbons (Fsp3) is 0.0500. The fourth-order valence-electron chi connectivity index (χ4n) is 2.61. The SMILES string of the molecule is O=C(Nc1c(F)cccc1F)C(O)(c1ccccc1)c1ccccc1. The van der Waals surface area contributed by atoms with Crippen molar-refractivity contribution in [2.45, 2.75) is 5.60 Å². The molecule has 0 saturated carbocycles. The van der Waals surface area contributed by atoms with Crippen molar-refractivity contribution in [3.05, 3.63) is 102 Å². The van der Waals surface area contributed by atoms with E-state index in [0.717, 1.165) is 12.1 Å². The third kappa shape index (κ3) is 3.14. The number of carbonyl (C=O) groups is 1. The van der Waals surface area contributed by atoms with Crippen LogP contribution in [-0.4, -0.2) is 11.0 Å². The number of hydrogen-bond acceptors (Lipinski definition) is 2. The Morgan fingerprint density at radius 2 is 1.20 bits per heavy atom. The van der Waals surface area contributed by atoms with Gasteiger partial charge in [-0.3, -0.25) is 4.79 Å². The van der Waals surface area contributed by atoms with Crippen LogP contribution in [0.4, 0.5) is 14.5 Å². The minimum absolute atomic E-state index is 0.287. The van der Waals surface area contributed by atoms with Gasteiger partial charge in [-0.2, -0.15) is 0 Å². The van der Waals surface area contributed by atoms with E-state index in [1.807, 2.05) is 0 Å². The number of aliphatic hydroxyl groups is 1. The molecule has 0 fully saturated rings. The molecule has 0 aromatic heterocycles. The molecule has 0 unspecified atom stereocenters. The monoisotopic (exact) mass is 339 g/mol. The standard InChI is InChI=1S/C20H15F2NO2/c21-16-12-7-13-17(22)18(16)23-19(24)20(25,14-8-3-1-4-9-14)15-10-5-2-6-11-15/h1-13,25H,(H,23,24). The predicted octanol–water partition coefficient (Wildman–Crippen LogP) is 3.84. The topological polar surface area (TPSA) is 49.3 Å². The molecule has 0 heterocycles. The van der Waals surface area contributed by atoms with Gasteiger partial charge in [-0.25, -0.2) is 8.78 Å². The zero-order chi connectivity index (χ0) is 17.9. The van der Waals surface area contributed by atoms with Gasteiger partial charge in [0.25, 0.3) is 5.91 Å². The summed E-state index contributed by atoms with van der Waals surface area (Å²) in [5.74, 6) is -2.79. The molecule has 126 valence electrons. The van der Waals surface area contributed by atoms with Crippen molar-refractivity contribution in [2.75, 3.05) is 5.32 Å². The quantitative estimate of drug-likeness (QED) is 0.759. The van der Waals surface area contributed by atoms with Gasteiger partial charge in [-0.15, -0.1) is 0 Å². The van der Waals surface area contributed by atoms with Gasteiger partial charge < -0.3 is 10.4 Å². The highest BCUT2D eigenvalue weighted by molar-refractivity contribution is 6.00. The molecule has 0 bridgehead atoms. The van der Waals surface area contributed by atoms with Crippen molar-refractivity contribution in [1.29, 1.82) is 0 Å². The molecule has 0 atom stereocenters. The highest BCUT2D eigenvalue weighted by Gasteiger charge is 2.40. The molecule has 1 amide bonds. The fourth-order valence-corrected chi connectivity index (χ4v) is 2.61. The Hall–Kier alpha value is -3.05. The lowest BCUT2D eigenvalue weighted by molar-refractivity contribution is -0.131. The first-order chi connectivity index (χ1) is 12.0. The van der Waals surface area contributed by atoms with Crippen molar-refractivity contribution in [3.8, 4) is 0 Å². The normalized spacial score (nSPS) is 11.2. The van der Waals surface area contributed by atoms with Gasteiger partial charge in [0.05, 0.1) is 0 Å². The maximum atomic E-state index is 13.9. The van der Waals surface area contributed by atoms with Gasteiger partial charge in [0, 0.05) is 0 Å². The molecule has 0 aliphatic heterocycles. The summed E-state index contributed by atoms with van der Waals surface area (Å²) in [7, 11) is 0. The van der Waals surface area contributed by atoms with Gasteiger partial charge in [-0.1, -0.05) is 66.7 Å². The Labute approximate surface area is 143 Å². The van der Waals surface area contributed by atoms with E-state index in [2.05, 4.69) is 5.32 Å². The highest BCUT2D eigenvalue weighted by Crippen LogP contribution is 2.32. The molecule has 3 rings (SSSR count). The maximum Gasteiger partial charge on any atom is 0.265 e. The largest absolute Gasteiger partial charge is 0.372 e. The van der Waals surface area contributed by atoms with Crippen LogP contribution in [0.5, 0.6) is 0 Å². The minimum atomic E-state index is -2.10. The van der Waals surface area contributed by atoms with Crippen molar-refractivity contribution in [3.63, 3.8) is 0 Å². The van der Waals surface area contributed by atoms with Crippen LogP contribution in [0.3, 0.4) is 0 Å². The number of anilines is 1. The first-order valence-electron chi connectivity index (χ1n) is 7.62. The van der Waals surface area contributed by atoms with Gasteiger partial charge >= 0.3 is 0 Å². The van der Waals surface area contributed by atoms with E-state index < -0.39 is 28.8 Å². The van der Waals surface area contributed by atoms with Crippen LogP contribution < -0.4 is 5.32 Å². The molecule has 0 aliphatic carbocycles. The number of nitrogens with one attached hydrogen (secondary N) is 1. The Bertz CT molecular complexity index is 823. The van der Waals surface area contributed by atoms with Crippen molar-refractivity contribution < 1.29 is 18.7 Å². The van der Waals surface area contributed by atoms with Crippen LogP contribution in [-0.2, 0) is 10.4 Å². The summed E-state index contributed by atoms with van der Waals surface area (Å²) in [6.07, 6.45) is 0. The first kappa shape index (κ1) is 16.8. The second-order valence-corrected chi connectivity index (χ2v) is 5.49. The number of para-hydroxylation sites is 1. The van der Waals surface area contributed by atoms with Crippen molar-refractivity contribution in [2.24, 2.45) is 0 Å². The zero-order valence-electron chi connectivity index (χ0n) is 13.1. The molecule has 0 radical (unpaired) electrons. The molecule has 0 saturated heterocycles. The van der Waals surface area contributed by atoms with Crippen LogP contribution in [0.25, 0.3) is 0 Å². The highest BCUT2D eigenvalue weighted by atomic mass is 19.1. The molecule has 5 heteroatoms. The summed E-state index contributed by atoms with van der Waals surface area (Å²) < 4.78 is 27.7. The molecule has 3 aromatic rings. The molecule has 2 N–H and O–H groups in total. The van der Waals surface area contributed by atoms with E-state index >= 15 is 0 Å². The summed E-state index contributed by atoms with van der Waals surface area (Å²) in [4.78, 5) is 12.8. The van der Waals surface area contributed by atoms with Gasteiger partial charge in [0.2, 0.25) is 0 Å². The first-order valence-corrected chi connectivity index (χ1v) is 7.62. The van der Waals surface area contributed by atoms with Crippen LogP contribution in [0.15, 0.2) is 78.9 Å². The maximum absolute atomic E-state index is 13.9. The second kappa shape index (κ2) is 6.83. The molecular weight excluding hydrogens is 324 g/mol. The molecule has 25 heavy (non-hydrogen) atoms. The summed E-state index contributed by atoms with van der Waals surface area (Å²) >= 11 is 0. The lowest BCUT2D eigenvalue weighted by Gasteiger charge is -2.28. The summed E-state index contributed by atoms with van der Waals surface area (Å²) in [5, 5.41) is 13.4. The van der Waals surface area contributed by atoms with Crippen LogP contribution in [0, 0.1) is 11.6 Å². The number of rotatable bonds is 4. The Kier molecular flexibility index (Phi) is 4.59. The average molecular weight is 339 g/mol. The molecule has 0 spiro atoms. The molecule has 3 nitrogen and oxygen atoms in total. The number of hydrogen-bond donors (Lipinski definition) is 2. The summed E-state index contributed by atoms with van der Waals surface area (Å²) in [5.41, 5.74) is -2.12. The van der Waals surface area contributed by atoms with E-state index in [4.69, 9.17) is 0 Å². The lowest BCUT2D eigenvalue weighted by Crippen LogP contribution is -2.41. The van der Waals surface area contributed by atoms with E-state index in [1.165, 1.54) is 6.07 Å². The molecular formula is C20H15F2NO2. The third-order valence-corrected chi connectivity index (χ3v) is 3.91. The lowest BCUT2D eigenvalue weighted by atomic mass is 9.85. The summed E-state index contributed by atoms with van der Waals surface area (Å²) in [6, 6.07) is 19.7. The predicted molar refractivity (Wildman–Crippen MR) is 90.9 cm³/mol. The number of benzene rings is 3. The van der Waals surface area contributed by atoms with E-state index in [-0.39, 0.29) is 11.1 Å². The Morgan fingerprint density at radius 1 is 0.760 bits per heavy atom. The van der Waals surface area contributed by atoms with E-state index in [1.54, 1.807) is 60.7 Å². The van der Waals surface area contributed by atoms with Crippen LogP contribution in [0.2, 0.25) is 0 Å². The van der Waals surface area contributed by atoms with Crippen molar-refractivity contribution >= 4 is 11.6 Å². The molecule has 0 aliphatic rings. The van der Waals surface area contributed by atoms with Crippen molar-refractivity contribution in [1.82, 2.24) is 0 Å². The number of amides is 1. The average Bonchev–Trinajstić information content (AvgIpc) is 2.65. The summed E-state index contributed by atoms with van der Waals surface area (Å²) in [6.45, 7) is 0. The van der Waals surface area contributed by atoms with Gasteiger partial charge in [0.1, 0.15) is 17.3 Å². The zero-order valence-corrected chi connectivity index (χ0v) is 13.1. The van der Waals surface area contributed by atoms with Gasteiger partial charge in [0.15, 0.2) is 5.60 Å². The second-order valence-electron chi connectivity index (χ2n) is 5.49. The Morgan fingerprint density at radius 3 is 1.64 bits per heavy atom. The number of halogens is 2.